The lowest BCUT2D eigenvalue weighted by molar-refractivity contribution is 0.137. The minimum absolute atomic E-state index is 0.591. The summed E-state index contributed by atoms with van der Waals surface area (Å²) in [6.45, 7) is 0. The van der Waals surface area contributed by atoms with Gasteiger partial charge in [0.25, 0.3) is 0 Å². The average molecular weight is 290 g/mol. The van der Waals surface area contributed by atoms with E-state index < -0.39 is 0 Å². The number of likely N-dealkylation sites (N-methyl/N-ethyl adjacent to an activating group) is 1. The van der Waals surface area contributed by atoms with Gasteiger partial charge in [0.2, 0.25) is 0 Å². The highest BCUT2D eigenvalue weighted by atomic mass is 15.2. The second-order valence-electron chi connectivity index (χ2n) is 6.48. The Morgan fingerprint density at radius 3 is 2.73 bits per heavy atom. The van der Waals surface area contributed by atoms with Crippen molar-refractivity contribution in [3.05, 3.63) is 60.4 Å². The van der Waals surface area contributed by atoms with Crippen molar-refractivity contribution in [1.29, 1.82) is 0 Å². The van der Waals surface area contributed by atoms with Gasteiger partial charge >= 0.3 is 0 Å². The van der Waals surface area contributed by atoms with E-state index in [4.69, 9.17) is 4.98 Å². The first-order valence-corrected chi connectivity index (χ1v) is 8.26. The predicted molar refractivity (Wildman–Crippen MR) is 91.5 cm³/mol. The number of fused-ring (bicyclic) bond motifs is 2. The van der Waals surface area contributed by atoms with Crippen LogP contribution in [0.2, 0.25) is 0 Å². The lowest BCUT2D eigenvalue weighted by Crippen LogP contribution is -2.45. The van der Waals surface area contributed by atoms with Crippen molar-refractivity contribution in [2.24, 2.45) is 0 Å². The highest BCUT2D eigenvalue weighted by molar-refractivity contribution is 5.79. The van der Waals surface area contributed by atoms with Crippen molar-refractivity contribution in [1.82, 2.24) is 9.88 Å². The third-order valence-corrected chi connectivity index (χ3v) is 5.18. The van der Waals surface area contributed by atoms with E-state index >= 15 is 0 Å². The molecular weight excluding hydrogens is 268 g/mol. The van der Waals surface area contributed by atoms with Crippen LogP contribution < -0.4 is 0 Å². The van der Waals surface area contributed by atoms with Crippen LogP contribution in [0.3, 0.4) is 0 Å². The number of nitrogens with zero attached hydrogens (tertiary/aromatic N) is 2. The van der Waals surface area contributed by atoms with E-state index in [1.807, 2.05) is 12.3 Å². The van der Waals surface area contributed by atoms with Gasteiger partial charge in [0.05, 0.1) is 5.69 Å². The average Bonchev–Trinajstić information content (AvgIpc) is 2.55. The van der Waals surface area contributed by atoms with Crippen molar-refractivity contribution in [3.63, 3.8) is 0 Å². The Hall–Kier alpha value is -1.93. The Kier molecular flexibility index (Phi) is 3.55. The minimum atomic E-state index is 0.591. The quantitative estimate of drug-likeness (QED) is 0.815. The molecule has 2 nitrogen and oxygen atoms in total. The monoisotopic (exact) mass is 290 g/mol. The lowest BCUT2D eigenvalue weighted by atomic mass is 9.83. The molecule has 2 aliphatic heterocycles. The lowest BCUT2D eigenvalue weighted by Gasteiger charge is -2.42. The summed E-state index contributed by atoms with van der Waals surface area (Å²) in [5.74, 6) is 0. The van der Waals surface area contributed by atoms with Crippen LogP contribution >= 0.6 is 0 Å². The van der Waals surface area contributed by atoms with Crippen molar-refractivity contribution >= 4 is 5.57 Å². The number of piperidine rings is 1. The van der Waals surface area contributed by atoms with Crippen LogP contribution in [0.25, 0.3) is 16.7 Å². The van der Waals surface area contributed by atoms with Gasteiger partial charge in [0, 0.05) is 23.8 Å². The summed E-state index contributed by atoms with van der Waals surface area (Å²) in [4.78, 5) is 7.30. The van der Waals surface area contributed by atoms with Gasteiger partial charge in [-0.1, -0.05) is 48.9 Å². The molecule has 1 saturated heterocycles. The van der Waals surface area contributed by atoms with Crippen LogP contribution in [0.4, 0.5) is 0 Å². The van der Waals surface area contributed by atoms with Gasteiger partial charge in [0.1, 0.15) is 0 Å². The molecule has 0 saturated carbocycles. The molecule has 2 aromatic rings. The van der Waals surface area contributed by atoms with Crippen LogP contribution in [-0.4, -0.2) is 29.0 Å². The molecule has 2 atom stereocenters. The largest absolute Gasteiger partial charge is 0.297 e. The first-order chi connectivity index (χ1) is 10.8. The molecule has 0 radical (unpaired) electrons. The fraction of sp³-hybridized carbons (Fsp3) is 0.350. The summed E-state index contributed by atoms with van der Waals surface area (Å²) in [5, 5.41) is 0. The van der Waals surface area contributed by atoms with Crippen molar-refractivity contribution in [3.8, 4) is 11.1 Å². The summed E-state index contributed by atoms with van der Waals surface area (Å²) in [5.41, 5.74) is 5.14. The Morgan fingerprint density at radius 2 is 1.91 bits per heavy atom. The first-order valence-electron chi connectivity index (χ1n) is 8.26. The van der Waals surface area contributed by atoms with Crippen LogP contribution in [0.15, 0.2) is 54.7 Å². The van der Waals surface area contributed by atoms with E-state index in [0.29, 0.717) is 12.1 Å². The van der Waals surface area contributed by atoms with Crippen molar-refractivity contribution < 1.29 is 0 Å². The van der Waals surface area contributed by atoms with Gasteiger partial charge in [0.15, 0.2) is 0 Å². The van der Waals surface area contributed by atoms with E-state index in [-0.39, 0.29) is 0 Å². The molecule has 4 rings (SSSR count). The maximum absolute atomic E-state index is 4.74. The number of benzene rings is 1. The van der Waals surface area contributed by atoms with E-state index in [1.165, 1.54) is 41.7 Å². The fourth-order valence-corrected chi connectivity index (χ4v) is 3.93. The van der Waals surface area contributed by atoms with Gasteiger partial charge in [-0.3, -0.25) is 9.88 Å². The van der Waals surface area contributed by atoms with Gasteiger partial charge in [-0.05, 0) is 43.5 Å². The smallest absolute Gasteiger partial charge is 0.0737 e. The van der Waals surface area contributed by atoms with E-state index in [1.54, 1.807) is 0 Å². The molecule has 22 heavy (non-hydrogen) atoms. The standard InChI is InChI=1S/C20H22N2/c1-22-17-9-5-10-18(22)14-16(13-17)20-19(11-6-12-21-20)15-7-3-2-4-8-15/h2-4,6-8,11-13,17-18H,5,9-10,14H2,1H3. The molecule has 1 aromatic carbocycles. The highest BCUT2D eigenvalue weighted by Crippen LogP contribution is 2.38. The van der Waals surface area contributed by atoms with E-state index in [2.05, 4.69) is 54.4 Å². The van der Waals surface area contributed by atoms with E-state index in [9.17, 15) is 0 Å². The molecule has 2 aliphatic rings. The molecule has 2 bridgehead atoms. The predicted octanol–water partition coefficient (Wildman–Crippen LogP) is 4.39. The third kappa shape index (κ3) is 2.38. The van der Waals surface area contributed by atoms with Crippen molar-refractivity contribution in [2.75, 3.05) is 7.05 Å². The summed E-state index contributed by atoms with van der Waals surface area (Å²) in [7, 11) is 2.28. The molecule has 112 valence electrons. The van der Waals surface area contributed by atoms with Gasteiger partial charge < -0.3 is 0 Å². The Balaban J connectivity index is 1.78. The topological polar surface area (TPSA) is 16.1 Å². The summed E-state index contributed by atoms with van der Waals surface area (Å²) in [6.07, 6.45) is 9.48. The van der Waals surface area contributed by atoms with Crippen LogP contribution in [0.5, 0.6) is 0 Å². The molecule has 1 fully saturated rings. The summed E-state index contributed by atoms with van der Waals surface area (Å²) in [6, 6.07) is 16.1. The summed E-state index contributed by atoms with van der Waals surface area (Å²) >= 11 is 0. The molecule has 0 aliphatic carbocycles. The molecule has 0 spiro atoms. The normalized spacial score (nSPS) is 24.9. The number of hydrogen-bond donors (Lipinski definition) is 0. The third-order valence-electron chi connectivity index (χ3n) is 5.18. The van der Waals surface area contributed by atoms with Crippen LogP contribution in [0.1, 0.15) is 31.4 Å². The SMILES string of the molecule is CN1C2C=C(c3ncccc3-c3ccccc3)CC1CCC2. The molecule has 1 aromatic heterocycles. The Labute approximate surface area is 132 Å². The Morgan fingerprint density at radius 1 is 1.05 bits per heavy atom. The zero-order valence-corrected chi connectivity index (χ0v) is 13.1. The number of rotatable bonds is 2. The molecule has 3 heterocycles. The maximum Gasteiger partial charge on any atom is 0.0737 e. The van der Waals surface area contributed by atoms with Gasteiger partial charge in [-0.25, -0.2) is 0 Å². The second kappa shape index (κ2) is 5.69. The van der Waals surface area contributed by atoms with Crippen molar-refractivity contribution in [2.45, 2.75) is 37.8 Å². The molecular formula is C20H22N2. The van der Waals surface area contributed by atoms with Crippen LogP contribution in [0, 0.1) is 0 Å². The Bertz CT molecular complexity index is 690. The van der Waals surface area contributed by atoms with E-state index in [0.717, 1.165) is 6.42 Å². The molecule has 0 amide bonds. The molecule has 0 N–H and O–H groups in total. The zero-order valence-electron chi connectivity index (χ0n) is 13.1. The molecule has 2 unspecified atom stereocenters. The number of aromatic nitrogens is 1. The number of hydrogen-bond acceptors (Lipinski definition) is 2. The summed E-state index contributed by atoms with van der Waals surface area (Å²) < 4.78 is 0. The van der Waals surface area contributed by atoms with Gasteiger partial charge in [-0.2, -0.15) is 0 Å². The fourth-order valence-electron chi connectivity index (χ4n) is 3.93. The molecule has 2 heteroatoms. The van der Waals surface area contributed by atoms with Gasteiger partial charge in [-0.15, -0.1) is 0 Å². The second-order valence-corrected chi connectivity index (χ2v) is 6.48. The maximum atomic E-state index is 4.74. The van der Waals surface area contributed by atoms with Crippen LogP contribution in [-0.2, 0) is 0 Å². The number of pyridine rings is 1. The highest BCUT2D eigenvalue weighted by Gasteiger charge is 2.32. The zero-order chi connectivity index (χ0) is 14.9. The minimum Gasteiger partial charge on any atom is -0.297 e. The first kappa shape index (κ1) is 13.7.